The Labute approximate surface area is 195 Å². The van der Waals surface area contributed by atoms with Crippen LogP contribution < -0.4 is 4.74 Å². The molecule has 0 spiro atoms. The Bertz CT molecular complexity index is 955. The van der Waals surface area contributed by atoms with Crippen molar-refractivity contribution in [1.82, 2.24) is 19.2 Å². The van der Waals surface area contributed by atoms with Crippen molar-refractivity contribution in [3.05, 3.63) is 29.0 Å². The number of benzene rings is 1. The number of carbonyl (C=O) groups is 1. The molecule has 0 unspecified atom stereocenters. The van der Waals surface area contributed by atoms with E-state index in [0.717, 1.165) is 60.7 Å². The first-order valence-electron chi connectivity index (χ1n) is 11.8. The van der Waals surface area contributed by atoms with Gasteiger partial charge in [0.2, 0.25) is 0 Å². The molecule has 7 nitrogen and oxygen atoms in total. The predicted octanol–water partition coefficient (Wildman–Crippen LogP) is 4.83. The quantitative estimate of drug-likeness (QED) is 0.438. The normalized spacial score (nSPS) is 18.6. The summed E-state index contributed by atoms with van der Waals surface area (Å²) in [7, 11) is 1.68. The van der Waals surface area contributed by atoms with Gasteiger partial charge in [-0.05, 0) is 69.1 Å². The molecular weight excluding hydrogens is 424 g/mol. The van der Waals surface area contributed by atoms with Crippen LogP contribution in [-0.2, 0) is 16.2 Å². The highest BCUT2D eigenvalue weighted by Crippen LogP contribution is 2.33. The zero-order chi connectivity index (χ0) is 22.5. The van der Waals surface area contributed by atoms with Crippen molar-refractivity contribution >= 4 is 18.2 Å². The number of carbonyl (C=O) groups excluding carboxylic acids is 1. The summed E-state index contributed by atoms with van der Waals surface area (Å²) in [4.78, 5) is 14.4. The van der Waals surface area contributed by atoms with Gasteiger partial charge in [-0.1, -0.05) is 19.3 Å². The molecule has 2 aliphatic rings. The first-order chi connectivity index (χ1) is 15.6. The summed E-state index contributed by atoms with van der Waals surface area (Å²) in [5.41, 5.74) is 1.06. The van der Waals surface area contributed by atoms with Crippen molar-refractivity contribution in [3.63, 3.8) is 0 Å². The monoisotopic (exact) mass is 458 g/mol. The number of rotatable bonds is 7. The highest BCUT2D eigenvalue weighted by molar-refractivity contribution is 7.71. The number of hydrogen-bond acceptors (Lipinski definition) is 6. The minimum atomic E-state index is -0.0628. The second-order valence-corrected chi connectivity index (χ2v) is 9.15. The van der Waals surface area contributed by atoms with Crippen LogP contribution in [-0.4, -0.2) is 52.0 Å². The molecule has 1 aromatic heterocycles. The van der Waals surface area contributed by atoms with E-state index < -0.39 is 0 Å². The van der Waals surface area contributed by atoms with Crippen LogP contribution in [0.1, 0.15) is 57.9 Å². The zero-order valence-electron chi connectivity index (χ0n) is 19.2. The Morgan fingerprint density at radius 2 is 1.78 bits per heavy atom. The molecule has 0 atom stereocenters. The Morgan fingerprint density at radius 1 is 1.09 bits per heavy atom. The Balaban J connectivity index is 1.55. The average Bonchev–Trinajstić information content (AvgIpc) is 3.16. The number of nitrogens with zero attached hydrogens (tertiary/aromatic N) is 4. The lowest BCUT2D eigenvalue weighted by atomic mass is 9.95. The van der Waals surface area contributed by atoms with Crippen LogP contribution >= 0.6 is 12.2 Å². The number of likely N-dealkylation sites (tertiary alicyclic amines) is 1. The summed E-state index contributed by atoms with van der Waals surface area (Å²) in [6.07, 6.45) is 7.71. The van der Waals surface area contributed by atoms with E-state index >= 15 is 0 Å². The maximum Gasteiger partial charge on any atom is 0.309 e. The van der Waals surface area contributed by atoms with Crippen LogP contribution in [0.5, 0.6) is 5.75 Å². The van der Waals surface area contributed by atoms with Gasteiger partial charge in [-0.2, -0.15) is 5.10 Å². The third-order valence-corrected chi connectivity index (χ3v) is 7.11. The Hall–Kier alpha value is -2.19. The van der Waals surface area contributed by atoms with Crippen molar-refractivity contribution in [2.75, 3.05) is 26.8 Å². The average molecular weight is 459 g/mol. The largest absolute Gasteiger partial charge is 0.497 e. The van der Waals surface area contributed by atoms with Crippen LogP contribution in [0, 0.1) is 10.7 Å². The summed E-state index contributed by atoms with van der Waals surface area (Å²) >= 11 is 5.95. The van der Waals surface area contributed by atoms with E-state index in [9.17, 15) is 4.79 Å². The topological polar surface area (TPSA) is 61.5 Å². The highest BCUT2D eigenvalue weighted by atomic mass is 32.1. The first-order valence-corrected chi connectivity index (χ1v) is 12.2. The Kier molecular flexibility index (Phi) is 7.63. The standard InChI is InChI=1S/C24H34N4O3S/c1-3-31-23(29)19-13-15-26(16-14-19)17-27-24(32)28(20-7-5-4-6-8-20)22(25-27)18-9-11-21(30-2)12-10-18/h9-12,19-20H,3-8,13-17H2,1-2H3. The maximum absolute atomic E-state index is 12.1. The molecule has 8 heteroatoms. The molecule has 0 N–H and O–H groups in total. The molecule has 0 amide bonds. The fourth-order valence-corrected chi connectivity index (χ4v) is 5.21. The smallest absolute Gasteiger partial charge is 0.309 e. The van der Waals surface area contributed by atoms with Crippen molar-refractivity contribution in [2.24, 2.45) is 5.92 Å². The first kappa shape index (κ1) is 23.0. The number of hydrogen-bond donors (Lipinski definition) is 0. The summed E-state index contributed by atoms with van der Waals surface area (Å²) in [5.74, 6) is 1.72. The van der Waals surface area contributed by atoms with E-state index in [-0.39, 0.29) is 11.9 Å². The molecule has 1 saturated carbocycles. The lowest BCUT2D eigenvalue weighted by Crippen LogP contribution is -2.38. The van der Waals surface area contributed by atoms with E-state index in [1.165, 1.54) is 19.3 Å². The molecule has 2 aromatic rings. The van der Waals surface area contributed by atoms with E-state index in [4.69, 9.17) is 26.8 Å². The molecule has 1 aliphatic heterocycles. The van der Waals surface area contributed by atoms with Gasteiger partial charge in [0.25, 0.3) is 0 Å². The molecule has 1 aliphatic carbocycles. The second-order valence-electron chi connectivity index (χ2n) is 8.78. The fourth-order valence-electron chi connectivity index (χ4n) is 4.88. The molecular formula is C24H34N4O3S. The van der Waals surface area contributed by atoms with Gasteiger partial charge in [0, 0.05) is 24.7 Å². The summed E-state index contributed by atoms with van der Waals surface area (Å²) in [6, 6.07) is 8.47. The van der Waals surface area contributed by atoms with E-state index in [2.05, 4.69) is 21.6 Å². The number of esters is 1. The van der Waals surface area contributed by atoms with E-state index in [0.29, 0.717) is 19.3 Å². The SMILES string of the molecule is CCOC(=O)C1CCN(Cn2nc(-c3ccc(OC)cc3)n(C3CCCCC3)c2=S)CC1. The van der Waals surface area contributed by atoms with Gasteiger partial charge >= 0.3 is 5.97 Å². The molecule has 4 rings (SSSR count). The minimum Gasteiger partial charge on any atom is -0.497 e. The van der Waals surface area contributed by atoms with Crippen LogP contribution in [0.3, 0.4) is 0 Å². The third kappa shape index (κ3) is 5.07. The van der Waals surface area contributed by atoms with Gasteiger partial charge in [0.1, 0.15) is 5.75 Å². The predicted molar refractivity (Wildman–Crippen MR) is 126 cm³/mol. The lowest BCUT2D eigenvalue weighted by Gasteiger charge is -2.30. The van der Waals surface area contributed by atoms with Crippen LogP contribution in [0.4, 0.5) is 0 Å². The van der Waals surface area contributed by atoms with Crippen molar-refractivity contribution in [1.29, 1.82) is 0 Å². The second kappa shape index (κ2) is 10.6. The van der Waals surface area contributed by atoms with E-state index in [1.807, 2.05) is 23.7 Å². The molecule has 1 aromatic carbocycles. The molecule has 32 heavy (non-hydrogen) atoms. The minimum absolute atomic E-state index is 0.00817. The zero-order valence-corrected chi connectivity index (χ0v) is 20.0. The fraction of sp³-hybridized carbons (Fsp3) is 0.625. The van der Waals surface area contributed by atoms with Crippen molar-refractivity contribution < 1.29 is 14.3 Å². The lowest BCUT2D eigenvalue weighted by molar-refractivity contribution is -0.149. The maximum atomic E-state index is 12.1. The molecule has 2 fully saturated rings. The molecule has 1 saturated heterocycles. The van der Waals surface area contributed by atoms with E-state index in [1.54, 1.807) is 7.11 Å². The molecule has 0 radical (unpaired) electrons. The highest BCUT2D eigenvalue weighted by Gasteiger charge is 2.27. The summed E-state index contributed by atoms with van der Waals surface area (Å²) in [6.45, 7) is 4.65. The van der Waals surface area contributed by atoms with Gasteiger partial charge < -0.3 is 9.47 Å². The van der Waals surface area contributed by atoms with Crippen LogP contribution in [0.2, 0.25) is 0 Å². The van der Waals surface area contributed by atoms with Gasteiger partial charge in [0.15, 0.2) is 10.6 Å². The number of aromatic nitrogens is 3. The Morgan fingerprint density at radius 3 is 2.41 bits per heavy atom. The molecule has 174 valence electrons. The summed E-state index contributed by atoms with van der Waals surface area (Å²) < 4.78 is 15.6. The molecule has 2 heterocycles. The van der Waals surface area contributed by atoms with Gasteiger partial charge in [-0.3, -0.25) is 14.3 Å². The van der Waals surface area contributed by atoms with Crippen LogP contribution in [0.25, 0.3) is 11.4 Å². The van der Waals surface area contributed by atoms with Crippen molar-refractivity contribution in [2.45, 2.75) is 64.6 Å². The van der Waals surface area contributed by atoms with Crippen molar-refractivity contribution in [3.8, 4) is 17.1 Å². The number of ether oxygens (including phenoxy) is 2. The van der Waals surface area contributed by atoms with Gasteiger partial charge in [0.05, 0.1) is 26.3 Å². The number of methoxy groups -OCH3 is 1. The van der Waals surface area contributed by atoms with Gasteiger partial charge in [-0.25, -0.2) is 4.68 Å². The number of piperidine rings is 1. The van der Waals surface area contributed by atoms with Gasteiger partial charge in [-0.15, -0.1) is 0 Å². The van der Waals surface area contributed by atoms with Crippen LogP contribution in [0.15, 0.2) is 24.3 Å². The summed E-state index contributed by atoms with van der Waals surface area (Å²) in [5, 5.41) is 4.99. The molecule has 0 bridgehead atoms. The third-order valence-electron chi connectivity index (χ3n) is 6.70.